The zero-order valence-electron chi connectivity index (χ0n) is 14.3. The first kappa shape index (κ1) is 15.5. The Labute approximate surface area is 148 Å². The fraction of sp³-hybridized carbons (Fsp3) is 0.130. The van der Waals surface area contributed by atoms with Gasteiger partial charge in [0.15, 0.2) is 0 Å². The molecule has 0 aliphatic heterocycles. The molecule has 0 aliphatic carbocycles. The molecule has 2 nitrogen and oxygen atoms in total. The fourth-order valence-corrected chi connectivity index (χ4v) is 3.38. The zero-order chi connectivity index (χ0) is 17.1. The molecule has 0 radical (unpaired) electrons. The molecule has 25 heavy (non-hydrogen) atoms. The van der Waals surface area contributed by atoms with Gasteiger partial charge >= 0.3 is 0 Å². The molecule has 0 saturated heterocycles. The van der Waals surface area contributed by atoms with Gasteiger partial charge in [0.1, 0.15) is 5.75 Å². The first-order valence-corrected chi connectivity index (χ1v) is 8.63. The van der Waals surface area contributed by atoms with Crippen LogP contribution >= 0.6 is 0 Å². The SMILES string of the molecule is COc1ccc(-c2[nH]c3ccccc3c2CCc2ccccc2)cc1. The molecule has 1 heterocycles. The molecule has 4 aromatic rings. The second-order valence-electron chi connectivity index (χ2n) is 6.24. The summed E-state index contributed by atoms with van der Waals surface area (Å²) in [5, 5.41) is 1.31. The first-order chi connectivity index (χ1) is 12.3. The average Bonchev–Trinajstić information content (AvgIpc) is 3.06. The number of methoxy groups -OCH3 is 1. The molecular weight excluding hydrogens is 306 g/mol. The van der Waals surface area contributed by atoms with Gasteiger partial charge in [-0.15, -0.1) is 0 Å². The topological polar surface area (TPSA) is 25.0 Å². The smallest absolute Gasteiger partial charge is 0.118 e. The van der Waals surface area contributed by atoms with Gasteiger partial charge < -0.3 is 9.72 Å². The van der Waals surface area contributed by atoms with Crippen molar-refractivity contribution in [1.29, 1.82) is 0 Å². The summed E-state index contributed by atoms with van der Waals surface area (Å²) in [5.74, 6) is 0.880. The number of hydrogen-bond acceptors (Lipinski definition) is 1. The number of aromatic nitrogens is 1. The molecule has 4 rings (SSSR count). The normalized spacial score (nSPS) is 10.9. The maximum Gasteiger partial charge on any atom is 0.118 e. The molecule has 0 aliphatic rings. The van der Waals surface area contributed by atoms with Crippen molar-refractivity contribution >= 4 is 10.9 Å². The molecule has 0 amide bonds. The van der Waals surface area contributed by atoms with E-state index < -0.39 is 0 Å². The van der Waals surface area contributed by atoms with Crippen molar-refractivity contribution in [1.82, 2.24) is 4.98 Å². The van der Waals surface area contributed by atoms with Gasteiger partial charge in [-0.3, -0.25) is 0 Å². The highest BCUT2D eigenvalue weighted by molar-refractivity contribution is 5.90. The molecule has 2 heteroatoms. The molecule has 0 saturated carbocycles. The van der Waals surface area contributed by atoms with E-state index in [1.54, 1.807) is 7.11 Å². The summed E-state index contributed by atoms with van der Waals surface area (Å²) in [4.78, 5) is 3.61. The number of aryl methyl sites for hydroxylation is 2. The van der Waals surface area contributed by atoms with E-state index in [0.29, 0.717) is 0 Å². The lowest BCUT2D eigenvalue weighted by Crippen LogP contribution is -1.93. The predicted molar refractivity (Wildman–Crippen MR) is 104 cm³/mol. The van der Waals surface area contributed by atoms with E-state index in [4.69, 9.17) is 4.74 Å². The molecule has 3 aromatic carbocycles. The van der Waals surface area contributed by atoms with Crippen LogP contribution in [0.2, 0.25) is 0 Å². The Hall–Kier alpha value is -3.00. The maximum atomic E-state index is 5.29. The fourth-order valence-electron chi connectivity index (χ4n) is 3.38. The van der Waals surface area contributed by atoms with Gasteiger partial charge in [0.25, 0.3) is 0 Å². The minimum Gasteiger partial charge on any atom is -0.497 e. The Kier molecular flexibility index (Phi) is 4.26. The third-order valence-electron chi connectivity index (χ3n) is 4.70. The van der Waals surface area contributed by atoms with Crippen molar-refractivity contribution in [3.8, 4) is 17.0 Å². The largest absolute Gasteiger partial charge is 0.497 e. The van der Waals surface area contributed by atoms with Crippen LogP contribution in [0.4, 0.5) is 0 Å². The van der Waals surface area contributed by atoms with E-state index >= 15 is 0 Å². The van der Waals surface area contributed by atoms with Crippen LogP contribution in [0, 0.1) is 0 Å². The number of para-hydroxylation sites is 1. The third-order valence-corrected chi connectivity index (χ3v) is 4.70. The van der Waals surface area contributed by atoms with E-state index in [9.17, 15) is 0 Å². The first-order valence-electron chi connectivity index (χ1n) is 8.63. The number of ether oxygens (including phenoxy) is 1. The summed E-state index contributed by atoms with van der Waals surface area (Å²) in [5.41, 5.74) is 6.34. The number of rotatable bonds is 5. The van der Waals surface area contributed by atoms with E-state index in [1.165, 1.54) is 33.3 Å². The minimum atomic E-state index is 0.880. The number of hydrogen-bond donors (Lipinski definition) is 1. The second-order valence-corrected chi connectivity index (χ2v) is 6.24. The van der Waals surface area contributed by atoms with Crippen LogP contribution < -0.4 is 4.74 Å². The molecule has 124 valence electrons. The molecule has 0 atom stereocenters. The lowest BCUT2D eigenvalue weighted by Gasteiger charge is -2.07. The van der Waals surface area contributed by atoms with Crippen molar-refractivity contribution in [2.24, 2.45) is 0 Å². The van der Waals surface area contributed by atoms with Gasteiger partial charge in [-0.05, 0) is 59.9 Å². The Bertz CT molecular complexity index is 968. The van der Waals surface area contributed by atoms with Gasteiger partial charge in [-0.1, -0.05) is 48.5 Å². The van der Waals surface area contributed by atoms with Gasteiger partial charge in [0, 0.05) is 16.6 Å². The van der Waals surface area contributed by atoms with E-state index in [1.807, 2.05) is 12.1 Å². The molecule has 0 fully saturated rings. The molecule has 0 unspecified atom stereocenters. The maximum absolute atomic E-state index is 5.29. The number of fused-ring (bicyclic) bond motifs is 1. The number of aromatic amines is 1. The summed E-state index contributed by atoms with van der Waals surface area (Å²) in [6, 6.07) is 27.5. The zero-order valence-corrected chi connectivity index (χ0v) is 14.3. The van der Waals surface area contributed by atoms with Crippen LogP contribution in [0.3, 0.4) is 0 Å². The molecule has 1 aromatic heterocycles. The number of benzene rings is 3. The third kappa shape index (κ3) is 3.16. The van der Waals surface area contributed by atoms with Crippen molar-refractivity contribution in [3.05, 3.63) is 90.0 Å². The Morgan fingerprint density at radius 1 is 0.760 bits per heavy atom. The highest BCUT2D eigenvalue weighted by Gasteiger charge is 2.13. The molecule has 1 N–H and O–H groups in total. The molecular formula is C23H21NO. The summed E-state index contributed by atoms with van der Waals surface area (Å²) in [7, 11) is 1.70. The van der Waals surface area contributed by atoms with Crippen LogP contribution in [0.1, 0.15) is 11.1 Å². The number of nitrogens with one attached hydrogen (secondary N) is 1. The summed E-state index contributed by atoms with van der Waals surface area (Å²) >= 11 is 0. The van der Waals surface area contributed by atoms with Crippen molar-refractivity contribution in [2.45, 2.75) is 12.8 Å². The van der Waals surface area contributed by atoms with E-state index in [-0.39, 0.29) is 0 Å². The van der Waals surface area contributed by atoms with Crippen LogP contribution in [0.5, 0.6) is 5.75 Å². The Morgan fingerprint density at radius 3 is 2.24 bits per heavy atom. The monoisotopic (exact) mass is 327 g/mol. The predicted octanol–water partition coefficient (Wildman–Crippen LogP) is 5.63. The van der Waals surface area contributed by atoms with Crippen molar-refractivity contribution in [3.63, 3.8) is 0 Å². The van der Waals surface area contributed by atoms with Gasteiger partial charge in [-0.2, -0.15) is 0 Å². The van der Waals surface area contributed by atoms with Gasteiger partial charge in [0.2, 0.25) is 0 Å². The quantitative estimate of drug-likeness (QED) is 0.505. The second kappa shape index (κ2) is 6.86. The van der Waals surface area contributed by atoms with Crippen molar-refractivity contribution in [2.75, 3.05) is 7.11 Å². The molecule has 0 bridgehead atoms. The average molecular weight is 327 g/mol. The summed E-state index contributed by atoms with van der Waals surface area (Å²) in [6.45, 7) is 0. The van der Waals surface area contributed by atoms with E-state index in [2.05, 4.69) is 71.7 Å². The Balaban J connectivity index is 1.74. The van der Waals surface area contributed by atoms with Crippen LogP contribution in [0.15, 0.2) is 78.9 Å². The van der Waals surface area contributed by atoms with Crippen molar-refractivity contribution < 1.29 is 4.74 Å². The lowest BCUT2D eigenvalue weighted by atomic mass is 9.98. The van der Waals surface area contributed by atoms with Gasteiger partial charge in [-0.25, -0.2) is 0 Å². The van der Waals surface area contributed by atoms with Crippen LogP contribution in [-0.2, 0) is 12.8 Å². The standard InChI is InChI=1S/C23H21NO/c1-25-19-14-12-18(13-15-19)23-21(16-11-17-7-3-2-4-8-17)20-9-5-6-10-22(20)24-23/h2-10,12-15,24H,11,16H2,1H3. The highest BCUT2D eigenvalue weighted by Crippen LogP contribution is 2.32. The van der Waals surface area contributed by atoms with Crippen LogP contribution in [-0.4, -0.2) is 12.1 Å². The summed E-state index contributed by atoms with van der Waals surface area (Å²) in [6.07, 6.45) is 2.04. The number of H-pyrrole nitrogens is 1. The molecule has 0 spiro atoms. The lowest BCUT2D eigenvalue weighted by molar-refractivity contribution is 0.415. The minimum absolute atomic E-state index is 0.880. The highest BCUT2D eigenvalue weighted by atomic mass is 16.5. The van der Waals surface area contributed by atoms with E-state index in [0.717, 1.165) is 18.6 Å². The Morgan fingerprint density at radius 2 is 1.48 bits per heavy atom. The van der Waals surface area contributed by atoms with Gasteiger partial charge in [0.05, 0.1) is 7.11 Å². The van der Waals surface area contributed by atoms with Crippen LogP contribution in [0.25, 0.3) is 22.2 Å². The summed E-state index contributed by atoms with van der Waals surface area (Å²) < 4.78 is 5.29.